The maximum Gasteiger partial charge on any atom is 0.314 e. The predicted molar refractivity (Wildman–Crippen MR) is 89.1 cm³/mol. The molecular formula is C17H19N3O4. The fraction of sp³-hybridized carbons (Fsp3) is 0.235. The molecule has 7 nitrogen and oxygen atoms in total. The molecule has 0 saturated carbocycles. The van der Waals surface area contributed by atoms with Gasteiger partial charge in [-0.3, -0.25) is 9.59 Å². The largest absolute Gasteiger partial charge is 0.497 e. The minimum atomic E-state index is -0.766. The summed E-state index contributed by atoms with van der Waals surface area (Å²) in [5.41, 5.74) is 0.939. The van der Waals surface area contributed by atoms with E-state index < -0.39 is 11.8 Å². The van der Waals surface area contributed by atoms with Gasteiger partial charge in [-0.15, -0.1) is 0 Å². The van der Waals surface area contributed by atoms with Crippen LogP contribution in [0.5, 0.6) is 11.5 Å². The third kappa shape index (κ3) is 5.28. The van der Waals surface area contributed by atoms with Crippen LogP contribution in [0.2, 0.25) is 0 Å². The summed E-state index contributed by atoms with van der Waals surface area (Å²) in [5.74, 6) is 0.217. The van der Waals surface area contributed by atoms with E-state index in [9.17, 15) is 9.59 Å². The van der Waals surface area contributed by atoms with E-state index in [2.05, 4.69) is 15.6 Å². The summed E-state index contributed by atoms with van der Waals surface area (Å²) in [6.45, 7) is 2.32. The van der Waals surface area contributed by atoms with Crippen LogP contribution in [0, 0.1) is 6.92 Å². The van der Waals surface area contributed by atoms with Gasteiger partial charge in [0.2, 0.25) is 0 Å². The Morgan fingerprint density at radius 3 is 2.46 bits per heavy atom. The fourth-order valence-electron chi connectivity index (χ4n) is 1.86. The van der Waals surface area contributed by atoms with E-state index in [0.717, 1.165) is 11.3 Å². The smallest absolute Gasteiger partial charge is 0.314 e. The highest BCUT2D eigenvalue weighted by Gasteiger charge is 2.13. The van der Waals surface area contributed by atoms with E-state index in [1.165, 1.54) is 0 Å². The molecule has 0 aliphatic rings. The van der Waals surface area contributed by atoms with Gasteiger partial charge in [0.15, 0.2) is 0 Å². The van der Waals surface area contributed by atoms with E-state index in [1.807, 2.05) is 6.92 Å². The topological polar surface area (TPSA) is 89.5 Å². The zero-order valence-corrected chi connectivity index (χ0v) is 13.5. The Labute approximate surface area is 140 Å². The summed E-state index contributed by atoms with van der Waals surface area (Å²) < 4.78 is 10.5. The molecule has 0 saturated heterocycles. The molecule has 0 unspecified atom stereocenters. The molecule has 1 heterocycles. The van der Waals surface area contributed by atoms with Gasteiger partial charge in [0.05, 0.1) is 13.7 Å². The molecule has 0 aliphatic carbocycles. The van der Waals surface area contributed by atoms with Crippen LogP contribution in [0.25, 0.3) is 0 Å². The van der Waals surface area contributed by atoms with Crippen molar-refractivity contribution in [3.05, 3.63) is 48.2 Å². The average molecular weight is 329 g/mol. The molecular weight excluding hydrogens is 310 g/mol. The first-order valence-electron chi connectivity index (χ1n) is 7.37. The molecule has 1 aromatic heterocycles. The minimum Gasteiger partial charge on any atom is -0.497 e. The molecule has 0 fully saturated rings. The van der Waals surface area contributed by atoms with E-state index in [1.54, 1.807) is 49.7 Å². The number of benzene rings is 1. The lowest BCUT2D eigenvalue weighted by molar-refractivity contribution is -0.136. The molecule has 1 aromatic carbocycles. The third-order valence-electron chi connectivity index (χ3n) is 3.08. The van der Waals surface area contributed by atoms with Gasteiger partial charge >= 0.3 is 11.8 Å². The lowest BCUT2D eigenvalue weighted by Crippen LogP contribution is -2.37. The van der Waals surface area contributed by atoms with E-state index in [0.29, 0.717) is 11.6 Å². The number of aryl methyl sites for hydroxylation is 1. The Kier molecular flexibility index (Phi) is 6.13. The quantitative estimate of drug-likeness (QED) is 0.620. The number of ether oxygens (including phenoxy) is 2. The summed E-state index contributed by atoms with van der Waals surface area (Å²) >= 11 is 0. The van der Waals surface area contributed by atoms with Gasteiger partial charge in [0.1, 0.15) is 23.9 Å². The maximum atomic E-state index is 11.7. The van der Waals surface area contributed by atoms with Crippen LogP contribution < -0.4 is 20.1 Å². The second-order valence-electron chi connectivity index (χ2n) is 4.95. The van der Waals surface area contributed by atoms with Crippen LogP contribution in [0.4, 0.5) is 5.82 Å². The molecule has 7 heteroatoms. The highest BCUT2D eigenvalue weighted by Crippen LogP contribution is 2.16. The molecule has 2 aromatic rings. The van der Waals surface area contributed by atoms with Crippen molar-refractivity contribution in [1.29, 1.82) is 0 Å². The summed E-state index contributed by atoms with van der Waals surface area (Å²) in [6.07, 6.45) is 1.56. The first-order valence-corrected chi connectivity index (χ1v) is 7.37. The van der Waals surface area contributed by atoms with Crippen molar-refractivity contribution in [2.75, 3.05) is 25.6 Å². The number of amides is 2. The van der Waals surface area contributed by atoms with E-state index in [-0.39, 0.29) is 13.2 Å². The fourth-order valence-corrected chi connectivity index (χ4v) is 1.86. The first-order chi connectivity index (χ1) is 11.6. The summed E-state index contributed by atoms with van der Waals surface area (Å²) in [7, 11) is 1.59. The van der Waals surface area contributed by atoms with Crippen LogP contribution in [-0.4, -0.2) is 37.1 Å². The number of nitrogens with zero attached hydrogens (tertiary/aromatic N) is 1. The molecule has 2 N–H and O–H groups in total. The lowest BCUT2D eigenvalue weighted by atomic mass is 10.3. The van der Waals surface area contributed by atoms with Crippen LogP contribution in [0.1, 0.15) is 5.56 Å². The normalized spacial score (nSPS) is 9.92. The highest BCUT2D eigenvalue weighted by atomic mass is 16.5. The zero-order valence-electron chi connectivity index (χ0n) is 13.5. The summed E-state index contributed by atoms with van der Waals surface area (Å²) in [4.78, 5) is 27.4. The number of carbonyl (C=O) groups is 2. The first kappa shape index (κ1) is 17.3. The number of rotatable bonds is 6. The molecule has 0 atom stereocenters. The van der Waals surface area contributed by atoms with Crippen LogP contribution >= 0.6 is 0 Å². The Balaban J connectivity index is 1.71. The van der Waals surface area contributed by atoms with Crippen molar-refractivity contribution in [1.82, 2.24) is 10.3 Å². The van der Waals surface area contributed by atoms with Crippen LogP contribution in [-0.2, 0) is 9.59 Å². The highest BCUT2D eigenvalue weighted by molar-refractivity contribution is 6.39. The van der Waals surface area contributed by atoms with Gasteiger partial charge in [-0.1, -0.05) is 0 Å². The summed E-state index contributed by atoms with van der Waals surface area (Å²) in [5, 5.41) is 4.92. The van der Waals surface area contributed by atoms with Gasteiger partial charge in [-0.2, -0.15) is 0 Å². The Morgan fingerprint density at radius 1 is 1.08 bits per heavy atom. The number of nitrogens with one attached hydrogen (secondary N) is 2. The Hall–Kier alpha value is -3.09. The Morgan fingerprint density at radius 2 is 1.79 bits per heavy atom. The molecule has 0 spiro atoms. The second-order valence-corrected chi connectivity index (χ2v) is 4.95. The molecule has 2 rings (SSSR count). The van der Waals surface area contributed by atoms with Crippen molar-refractivity contribution >= 4 is 17.6 Å². The Bertz CT molecular complexity index is 701. The number of carbonyl (C=O) groups excluding carboxylic acids is 2. The van der Waals surface area contributed by atoms with Crippen LogP contribution in [0.3, 0.4) is 0 Å². The second kappa shape index (κ2) is 8.52. The minimum absolute atomic E-state index is 0.208. The van der Waals surface area contributed by atoms with Gasteiger partial charge in [-0.25, -0.2) is 4.98 Å². The number of pyridine rings is 1. The van der Waals surface area contributed by atoms with E-state index in [4.69, 9.17) is 9.47 Å². The van der Waals surface area contributed by atoms with Gasteiger partial charge in [0.25, 0.3) is 0 Å². The van der Waals surface area contributed by atoms with Crippen molar-refractivity contribution in [2.45, 2.75) is 6.92 Å². The number of hydrogen-bond donors (Lipinski definition) is 2. The zero-order chi connectivity index (χ0) is 17.4. The average Bonchev–Trinajstić information content (AvgIpc) is 2.59. The van der Waals surface area contributed by atoms with Crippen molar-refractivity contribution in [2.24, 2.45) is 0 Å². The predicted octanol–water partition coefficient (Wildman–Crippen LogP) is 1.53. The van der Waals surface area contributed by atoms with Crippen LogP contribution in [0.15, 0.2) is 42.6 Å². The molecule has 126 valence electrons. The van der Waals surface area contributed by atoms with Crippen molar-refractivity contribution < 1.29 is 19.1 Å². The third-order valence-corrected chi connectivity index (χ3v) is 3.08. The standard InChI is InChI=1S/C17H19N3O4/c1-12-7-8-18-15(11-12)20-17(22)16(21)19-9-10-24-14-5-3-13(23-2)4-6-14/h3-8,11H,9-10H2,1-2H3,(H,19,21)(H,18,20,22). The number of aromatic nitrogens is 1. The van der Waals surface area contributed by atoms with Gasteiger partial charge in [-0.05, 0) is 48.9 Å². The van der Waals surface area contributed by atoms with Gasteiger partial charge in [0, 0.05) is 6.20 Å². The molecule has 0 aliphatic heterocycles. The molecule has 24 heavy (non-hydrogen) atoms. The maximum absolute atomic E-state index is 11.7. The molecule has 2 amide bonds. The number of anilines is 1. The number of hydrogen-bond acceptors (Lipinski definition) is 5. The van der Waals surface area contributed by atoms with Crippen molar-refractivity contribution in [3.63, 3.8) is 0 Å². The van der Waals surface area contributed by atoms with Gasteiger partial charge < -0.3 is 20.1 Å². The van der Waals surface area contributed by atoms with Crippen molar-refractivity contribution in [3.8, 4) is 11.5 Å². The lowest BCUT2D eigenvalue weighted by Gasteiger charge is -2.08. The molecule has 0 radical (unpaired) electrons. The monoisotopic (exact) mass is 329 g/mol. The van der Waals surface area contributed by atoms with E-state index >= 15 is 0 Å². The summed E-state index contributed by atoms with van der Waals surface area (Å²) in [6, 6.07) is 10.5. The molecule has 0 bridgehead atoms. The SMILES string of the molecule is COc1ccc(OCCNC(=O)C(=O)Nc2cc(C)ccn2)cc1. The number of methoxy groups -OCH3 is 1.